The predicted octanol–water partition coefficient (Wildman–Crippen LogP) is 3.60. The molecule has 0 amide bonds. The van der Waals surface area contributed by atoms with Crippen LogP contribution in [0.4, 0.5) is 0 Å². The predicted molar refractivity (Wildman–Crippen MR) is 87.2 cm³/mol. The minimum Gasteiger partial charge on any atom is -0.305 e. The molecule has 102 valence electrons. The van der Waals surface area contributed by atoms with Gasteiger partial charge in [-0.1, -0.05) is 26.0 Å². The number of halogens is 1. The smallest absolute Gasteiger partial charge is 0.0748 e. The standard InChI is InChI=1S/C15H20IN3/c1-3-10-19-14(8-9-18-19)15(17-4-2)12-6-5-7-13(16)11-12/h5-9,11,15,17H,3-4,10H2,1-2H3. The van der Waals surface area contributed by atoms with Crippen LogP contribution in [-0.4, -0.2) is 16.3 Å². The molecule has 0 aliphatic heterocycles. The minimum atomic E-state index is 0.216. The maximum atomic E-state index is 4.43. The number of aromatic nitrogens is 2. The first-order chi connectivity index (χ1) is 9.26. The molecular formula is C15H20IN3. The van der Waals surface area contributed by atoms with Gasteiger partial charge in [0, 0.05) is 16.3 Å². The van der Waals surface area contributed by atoms with E-state index in [1.54, 1.807) is 0 Å². The number of nitrogens with one attached hydrogen (secondary N) is 1. The highest BCUT2D eigenvalue weighted by molar-refractivity contribution is 14.1. The lowest BCUT2D eigenvalue weighted by Gasteiger charge is -2.20. The van der Waals surface area contributed by atoms with Crippen LogP contribution < -0.4 is 5.32 Å². The summed E-state index contributed by atoms with van der Waals surface area (Å²) in [6, 6.07) is 11.0. The highest BCUT2D eigenvalue weighted by Crippen LogP contribution is 2.23. The van der Waals surface area contributed by atoms with E-state index >= 15 is 0 Å². The fourth-order valence-electron chi connectivity index (χ4n) is 2.27. The van der Waals surface area contributed by atoms with E-state index in [4.69, 9.17) is 0 Å². The van der Waals surface area contributed by atoms with Gasteiger partial charge in [-0.3, -0.25) is 4.68 Å². The molecule has 0 fully saturated rings. The summed E-state index contributed by atoms with van der Waals surface area (Å²) in [4.78, 5) is 0. The van der Waals surface area contributed by atoms with Crippen LogP contribution in [0.15, 0.2) is 36.5 Å². The second kappa shape index (κ2) is 7.05. The largest absolute Gasteiger partial charge is 0.305 e. The molecule has 0 aliphatic rings. The Labute approximate surface area is 128 Å². The number of hydrogen-bond donors (Lipinski definition) is 1. The van der Waals surface area contributed by atoms with Crippen molar-refractivity contribution in [3.63, 3.8) is 0 Å². The fraction of sp³-hybridized carbons (Fsp3) is 0.400. The van der Waals surface area contributed by atoms with Crippen molar-refractivity contribution in [1.82, 2.24) is 15.1 Å². The van der Waals surface area contributed by atoms with E-state index in [1.165, 1.54) is 14.8 Å². The molecule has 1 N–H and O–H groups in total. The van der Waals surface area contributed by atoms with E-state index in [0.717, 1.165) is 19.5 Å². The van der Waals surface area contributed by atoms with E-state index in [0.29, 0.717) is 0 Å². The summed E-state index contributed by atoms with van der Waals surface area (Å²) in [7, 11) is 0. The summed E-state index contributed by atoms with van der Waals surface area (Å²) in [5.41, 5.74) is 2.54. The average Bonchev–Trinajstić information content (AvgIpc) is 2.84. The van der Waals surface area contributed by atoms with Crippen molar-refractivity contribution in [2.24, 2.45) is 0 Å². The van der Waals surface area contributed by atoms with Gasteiger partial charge in [-0.25, -0.2) is 0 Å². The molecule has 1 aromatic heterocycles. The first kappa shape index (κ1) is 14.5. The minimum absolute atomic E-state index is 0.216. The van der Waals surface area contributed by atoms with E-state index < -0.39 is 0 Å². The summed E-state index contributed by atoms with van der Waals surface area (Å²) in [5, 5.41) is 7.99. The van der Waals surface area contributed by atoms with Crippen molar-refractivity contribution in [3.8, 4) is 0 Å². The third-order valence-electron chi connectivity index (χ3n) is 3.07. The van der Waals surface area contributed by atoms with E-state index in [2.05, 4.69) is 81.9 Å². The Kier molecular flexibility index (Phi) is 5.39. The molecule has 4 heteroatoms. The molecule has 0 saturated carbocycles. The van der Waals surface area contributed by atoms with Crippen molar-refractivity contribution in [2.75, 3.05) is 6.54 Å². The highest BCUT2D eigenvalue weighted by atomic mass is 127. The summed E-state index contributed by atoms with van der Waals surface area (Å²) in [6.07, 6.45) is 2.99. The lowest BCUT2D eigenvalue weighted by atomic mass is 10.0. The Morgan fingerprint density at radius 1 is 1.32 bits per heavy atom. The molecule has 3 nitrogen and oxygen atoms in total. The van der Waals surface area contributed by atoms with Gasteiger partial charge in [0.1, 0.15) is 0 Å². The van der Waals surface area contributed by atoms with Gasteiger partial charge >= 0.3 is 0 Å². The normalized spacial score (nSPS) is 12.6. The van der Waals surface area contributed by atoms with Crippen LogP contribution in [0.25, 0.3) is 0 Å². The summed E-state index contributed by atoms with van der Waals surface area (Å²) < 4.78 is 3.37. The Morgan fingerprint density at radius 3 is 2.84 bits per heavy atom. The van der Waals surface area contributed by atoms with Crippen LogP contribution in [-0.2, 0) is 6.54 Å². The molecular weight excluding hydrogens is 349 g/mol. The highest BCUT2D eigenvalue weighted by Gasteiger charge is 2.17. The van der Waals surface area contributed by atoms with Gasteiger partial charge in [-0.05, 0) is 59.3 Å². The third-order valence-corrected chi connectivity index (χ3v) is 3.74. The van der Waals surface area contributed by atoms with Crippen LogP contribution in [0.3, 0.4) is 0 Å². The molecule has 0 saturated heterocycles. The Hall–Kier alpha value is -0.880. The molecule has 19 heavy (non-hydrogen) atoms. The molecule has 1 aromatic carbocycles. The quantitative estimate of drug-likeness (QED) is 0.789. The monoisotopic (exact) mass is 369 g/mol. The van der Waals surface area contributed by atoms with Gasteiger partial charge in [-0.15, -0.1) is 0 Å². The topological polar surface area (TPSA) is 29.9 Å². The molecule has 1 atom stereocenters. The lowest BCUT2D eigenvalue weighted by Crippen LogP contribution is -2.25. The van der Waals surface area contributed by atoms with Crippen LogP contribution >= 0.6 is 22.6 Å². The maximum absolute atomic E-state index is 4.43. The summed E-state index contributed by atoms with van der Waals surface area (Å²) >= 11 is 2.36. The first-order valence-corrected chi connectivity index (χ1v) is 7.84. The Balaban J connectivity index is 2.36. The number of benzene rings is 1. The molecule has 0 spiro atoms. The number of nitrogens with zero attached hydrogens (tertiary/aromatic N) is 2. The van der Waals surface area contributed by atoms with Crippen molar-refractivity contribution in [2.45, 2.75) is 32.9 Å². The van der Waals surface area contributed by atoms with E-state index in [9.17, 15) is 0 Å². The van der Waals surface area contributed by atoms with E-state index in [1.807, 2.05) is 6.20 Å². The van der Waals surface area contributed by atoms with Gasteiger partial charge in [0.05, 0.1) is 11.7 Å². The average molecular weight is 369 g/mol. The zero-order valence-electron chi connectivity index (χ0n) is 11.4. The summed E-state index contributed by atoms with van der Waals surface area (Å²) in [6.45, 7) is 6.22. The third kappa shape index (κ3) is 3.57. The Morgan fingerprint density at radius 2 is 2.16 bits per heavy atom. The van der Waals surface area contributed by atoms with Gasteiger partial charge in [0.2, 0.25) is 0 Å². The van der Waals surface area contributed by atoms with Crippen molar-refractivity contribution < 1.29 is 0 Å². The van der Waals surface area contributed by atoms with Crippen molar-refractivity contribution in [3.05, 3.63) is 51.4 Å². The van der Waals surface area contributed by atoms with Gasteiger partial charge in [0.15, 0.2) is 0 Å². The molecule has 0 aliphatic carbocycles. The molecule has 1 unspecified atom stereocenters. The second-order valence-electron chi connectivity index (χ2n) is 4.52. The lowest BCUT2D eigenvalue weighted by molar-refractivity contribution is 0.520. The van der Waals surface area contributed by atoms with Crippen LogP contribution in [0.1, 0.15) is 37.6 Å². The zero-order valence-corrected chi connectivity index (χ0v) is 13.6. The van der Waals surface area contributed by atoms with Gasteiger partial charge < -0.3 is 5.32 Å². The molecule has 2 rings (SSSR count). The number of hydrogen-bond acceptors (Lipinski definition) is 2. The van der Waals surface area contributed by atoms with Gasteiger partial charge in [0.25, 0.3) is 0 Å². The Bertz CT molecular complexity index is 522. The molecule has 0 bridgehead atoms. The number of rotatable bonds is 6. The van der Waals surface area contributed by atoms with Crippen LogP contribution in [0.5, 0.6) is 0 Å². The number of aryl methyl sites for hydroxylation is 1. The van der Waals surface area contributed by atoms with E-state index in [-0.39, 0.29) is 6.04 Å². The molecule has 1 heterocycles. The van der Waals surface area contributed by atoms with Crippen molar-refractivity contribution >= 4 is 22.6 Å². The summed E-state index contributed by atoms with van der Waals surface area (Å²) in [5.74, 6) is 0. The first-order valence-electron chi connectivity index (χ1n) is 6.76. The van der Waals surface area contributed by atoms with Crippen molar-refractivity contribution in [1.29, 1.82) is 0 Å². The fourth-order valence-corrected chi connectivity index (χ4v) is 2.84. The van der Waals surface area contributed by atoms with Crippen LogP contribution in [0, 0.1) is 3.57 Å². The van der Waals surface area contributed by atoms with Gasteiger partial charge in [-0.2, -0.15) is 5.10 Å². The second-order valence-corrected chi connectivity index (χ2v) is 5.77. The maximum Gasteiger partial charge on any atom is 0.0748 e. The SMILES string of the molecule is CCCn1nccc1C(NCC)c1cccc(I)c1. The molecule has 2 aromatic rings. The zero-order chi connectivity index (χ0) is 13.7. The molecule has 0 radical (unpaired) electrons. The van der Waals surface area contributed by atoms with Crippen LogP contribution in [0.2, 0.25) is 0 Å².